The van der Waals surface area contributed by atoms with E-state index in [2.05, 4.69) is 30.0 Å². The maximum absolute atomic E-state index is 13.3. The number of halogens is 1. The first-order chi connectivity index (χ1) is 11.4. The molecule has 0 bridgehead atoms. The standard InChI is InChI=1S/C18H21FN2O2S/c1-15-4-2-5-16(12-15)14-20-8-10-21(11-9-20)24(22,23)18-7-3-6-17(19)13-18/h2-7,12-13H,8-11,14H2,1H3. The molecule has 3 rings (SSSR count). The van der Waals surface area contributed by atoms with Crippen molar-refractivity contribution in [2.75, 3.05) is 26.2 Å². The van der Waals surface area contributed by atoms with Gasteiger partial charge in [0.2, 0.25) is 10.0 Å². The van der Waals surface area contributed by atoms with Gasteiger partial charge in [-0.25, -0.2) is 12.8 Å². The smallest absolute Gasteiger partial charge is 0.243 e. The van der Waals surface area contributed by atoms with Crippen molar-refractivity contribution in [3.05, 3.63) is 65.5 Å². The summed E-state index contributed by atoms with van der Waals surface area (Å²) < 4.78 is 39.9. The fourth-order valence-corrected chi connectivity index (χ4v) is 4.43. The van der Waals surface area contributed by atoms with Gasteiger partial charge in [-0.1, -0.05) is 35.9 Å². The van der Waals surface area contributed by atoms with E-state index in [-0.39, 0.29) is 4.90 Å². The number of hydrogen-bond donors (Lipinski definition) is 0. The van der Waals surface area contributed by atoms with Gasteiger partial charge >= 0.3 is 0 Å². The molecule has 2 aromatic carbocycles. The molecule has 0 saturated carbocycles. The molecule has 0 aromatic heterocycles. The molecule has 24 heavy (non-hydrogen) atoms. The van der Waals surface area contributed by atoms with Crippen molar-refractivity contribution in [1.82, 2.24) is 9.21 Å². The molecule has 1 aliphatic rings. The van der Waals surface area contributed by atoms with E-state index in [1.165, 1.54) is 33.6 Å². The van der Waals surface area contributed by atoms with Crippen LogP contribution in [0.4, 0.5) is 4.39 Å². The van der Waals surface area contributed by atoms with Crippen LogP contribution in [-0.2, 0) is 16.6 Å². The zero-order valence-electron chi connectivity index (χ0n) is 13.7. The second-order valence-electron chi connectivity index (χ2n) is 6.13. The van der Waals surface area contributed by atoms with Crippen LogP contribution >= 0.6 is 0 Å². The number of nitrogens with zero attached hydrogens (tertiary/aromatic N) is 2. The van der Waals surface area contributed by atoms with Crippen LogP contribution in [0.15, 0.2) is 53.4 Å². The van der Waals surface area contributed by atoms with E-state index in [1.54, 1.807) is 0 Å². The van der Waals surface area contributed by atoms with Crippen LogP contribution in [0.1, 0.15) is 11.1 Å². The number of rotatable bonds is 4. The summed E-state index contributed by atoms with van der Waals surface area (Å²) in [5, 5.41) is 0. The van der Waals surface area contributed by atoms with E-state index < -0.39 is 15.8 Å². The SMILES string of the molecule is Cc1cccc(CN2CCN(S(=O)(=O)c3cccc(F)c3)CC2)c1. The third-order valence-corrected chi connectivity index (χ3v) is 6.15. The largest absolute Gasteiger partial charge is 0.296 e. The summed E-state index contributed by atoms with van der Waals surface area (Å²) in [4.78, 5) is 2.27. The third-order valence-electron chi connectivity index (χ3n) is 4.25. The Kier molecular flexibility index (Phi) is 4.99. The fraction of sp³-hybridized carbons (Fsp3) is 0.333. The quantitative estimate of drug-likeness (QED) is 0.853. The molecule has 0 spiro atoms. The number of hydrogen-bond acceptors (Lipinski definition) is 3. The number of piperazine rings is 1. The maximum atomic E-state index is 13.3. The van der Waals surface area contributed by atoms with E-state index in [0.29, 0.717) is 26.2 Å². The highest BCUT2D eigenvalue weighted by Crippen LogP contribution is 2.19. The van der Waals surface area contributed by atoms with Crippen molar-refractivity contribution in [3.63, 3.8) is 0 Å². The molecule has 1 saturated heterocycles. The van der Waals surface area contributed by atoms with Gasteiger partial charge < -0.3 is 0 Å². The first-order valence-electron chi connectivity index (χ1n) is 7.99. The average Bonchev–Trinajstić information content (AvgIpc) is 2.55. The molecule has 0 atom stereocenters. The van der Waals surface area contributed by atoms with Crippen LogP contribution in [0.3, 0.4) is 0 Å². The van der Waals surface area contributed by atoms with Crippen molar-refractivity contribution in [1.29, 1.82) is 0 Å². The molecule has 0 unspecified atom stereocenters. The van der Waals surface area contributed by atoms with E-state index in [1.807, 2.05) is 6.07 Å². The Hall–Kier alpha value is -1.76. The number of sulfonamides is 1. The second kappa shape index (κ2) is 7.01. The molecule has 1 heterocycles. The highest BCUT2D eigenvalue weighted by atomic mass is 32.2. The lowest BCUT2D eigenvalue weighted by Crippen LogP contribution is -2.48. The van der Waals surface area contributed by atoms with E-state index in [4.69, 9.17) is 0 Å². The fourth-order valence-electron chi connectivity index (χ4n) is 2.97. The van der Waals surface area contributed by atoms with Gasteiger partial charge in [0.1, 0.15) is 5.82 Å². The molecule has 0 N–H and O–H groups in total. The highest BCUT2D eigenvalue weighted by Gasteiger charge is 2.28. The lowest BCUT2D eigenvalue weighted by Gasteiger charge is -2.34. The minimum atomic E-state index is -3.62. The van der Waals surface area contributed by atoms with Gasteiger partial charge in [-0.3, -0.25) is 4.90 Å². The van der Waals surface area contributed by atoms with E-state index in [9.17, 15) is 12.8 Å². The van der Waals surface area contributed by atoms with Gasteiger partial charge in [0.25, 0.3) is 0 Å². The minimum Gasteiger partial charge on any atom is -0.296 e. The molecule has 0 aliphatic carbocycles. The van der Waals surface area contributed by atoms with Gasteiger partial charge in [-0.2, -0.15) is 4.31 Å². The van der Waals surface area contributed by atoms with Crippen molar-refractivity contribution in [3.8, 4) is 0 Å². The van der Waals surface area contributed by atoms with Gasteiger partial charge in [0, 0.05) is 32.7 Å². The van der Waals surface area contributed by atoms with E-state index in [0.717, 1.165) is 12.6 Å². The molecule has 0 radical (unpaired) electrons. The van der Waals surface area contributed by atoms with Crippen molar-refractivity contribution < 1.29 is 12.8 Å². The molecule has 1 aliphatic heterocycles. The lowest BCUT2D eigenvalue weighted by atomic mass is 10.1. The molecule has 6 heteroatoms. The molecular weight excluding hydrogens is 327 g/mol. The summed E-state index contributed by atoms with van der Waals surface area (Å²) in [7, 11) is -3.62. The topological polar surface area (TPSA) is 40.6 Å². The van der Waals surface area contributed by atoms with Crippen molar-refractivity contribution in [2.24, 2.45) is 0 Å². The molecule has 1 fully saturated rings. The first kappa shape index (κ1) is 17.1. The summed E-state index contributed by atoms with van der Waals surface area (Å²) in [5.41, 5.74) is 2.45. The van der Waals surface area contributed by atoms with Crippen molar-refractivity contribution >= 4 is 10.0 Å². The van der Waals surface area contributed by atoms with Crippen LogP contribution in [0.5, 0.6) is 0 Å². The molecule has 4 nitrogen and oxygen atoms in total. The lowest BCUT2D eigenvalue weighted by molar-refractivity contribution is 0.181. The summed E-state index contributed by atoms with van der Waals surface area (Å²) >= 11 is 0. The molecular formula is C18H21FN2O2S. The molecule has 0 amide bonds. The maximum Gasteiger partial charge on any atom is 0.243 e. The van der Waals surface area contributed by atoms with Crippen LogP contribution in [-0.4, -0.2) is 43.8 Å². The molecule has 2 aromatic rings. The Morgan fingerprint density at radius 2 is 1.71 bits per heavy atom. The summed E-state index contributed by atoms with van der Waals surface area (Å²) in [6.45, 7) is 5.06. The van der Waals surface area contributed by atoms with Crippen molar-refractivity contribution in [2.45, 2.75) is 18.4 Å². The first-order valence-corrected chi connectivity index (χ1v) is 9.43. The van der Waals surface area contributed by atoms with Gasteiger partial charge in [-0.05, 0) is 30.7 Å². The summed E-state index contributed by atoms with van der Waals surface area (Å²) in [5.74, 6) is -0.533. The van der Waals surface area contributed by atoms with E-state index >= 15 is 0 Å². The average molecular weight is 348 g/mol. The second-order valence-corrected chi connectivity index (χ2v) is 8.06. The highest BCUT2D eigenvalue weighted by molar-refractivity contribution is 7.89. The molecule has 128 valence electrons. The number of aryl methyl sites for hydroxylation is 1. The Bertz CT molecular complexity index is 815. The Morgan fingerprint density at radius 3 is 2.38 bits per heavy atom. The van der Waals surface area contributed by atoms with Crippen LogP contribution in [0.25, 0.3) is 0 Å². The Morgan fingerprint density at radius 1 is 1.00 bits per heavy atom. The number of benzene rings is 2. The zero-order valence-corrected chi connectivity index (χ0v) is 14.5. The van der Waals surface area contributed by atoms with Gasteiger partial charge in [0.15, 0.2) is 0 Å². The van der Waals surface area contributed by atoms with Crippen LogP contribution in [0, 0.1) is 12.7 Å². The normalized spacial score (nSPS) is 17.1. The predicted octanol–water partition coefficient (Wildman–Crippen LogP) is 2.64. The Labute approximate surface area is 142 Å². The van der Waals surface area contributed by atoms with Gasteiger partial charge in [0.05, 0.1) is 4.90 Å². The predicted molar refractivity (Wildman–Crippen MR) is 91.6 cm³/mol. The van der Waals surface area contributed by atoms with Crippen LogP contribution < -0.4 is 0 Å². The summed E-state index contributed by atoms with van der Waals surface area (Å²) in [6, 6.07) is 13.5. The zero-order chi connectivity index (χ0) is 17.2. The minimum absolute atomic E-state index is 0.0228. The van der Waals surface area contributed by atoms with Crippen LogP contribution in [0.2, 0.25) is 0 Å². The monoisotopic (exact) mass is 348 g/mol. The Balaban J connectivity index is 1.64. The third kappa shape index (κ3) is 3.83. The summed E-state index contributed by atoms with van der Waals surface area (Å²) in [6.07, 6.45) is 0. The van der Waals surface area contributed by atoms with Gasteiger partial charge in [-0.15, -0.1) is 0 Å².